The van der Waals surface area contributed by atoms with Gasteiger partial charge >= 0.3 is 0 Å². The fourth-order valence-corrected chi connectivity index (χ4v) is 2.04. The van der Waals surface area contributed by atoms with Crippen molar-refractivity contribution in [3.05, 3.63) is 39.4 Å². The Labute approximate surface area is 109 Å². The Morgan fingerprint density at radius 2 is 2.00 bits per heavy atom. The molecule has 2 rings (SSSR count). The predicted octanol–water partition coefficient (Wildman–Crippen LogP) is 3.27. The van der Waals surface area contributed by atoms with Crippen LogP contribution in [0.3, 0.4) is 0 Å². The van der Waals surface area contributed by atoms with Gasteiger partial charge in [0.2, 0.25) is 5.91 Å². The van der Waals surface area contributed by atoms with Crippen LogP contribution < -0.4 is 5.43 Å². The lowest BCUT2D eigenvalue weighted by molar-refractivity contribution is -0.120. The van der Waals surface area contributed by atoms with E-state index in [9.17, 15) is 4.79 Å². The number of benzene rings is 1. The van der Waals surface area contributed by atoms with Crippen molar-refractivity contribution < 1.29 is 4.79 Å². The highest BCUT2D eigenvalue weighted by Gasteiger charge is 2.15. The van der Waals surface area contributed by atoms with E-state index in [1.165, 1.54) is 0 Å². The maximum Gasteiger partial charge on any atom is 0.244 e. The third kappa shape index (κ3) is 2.68. The van der Waals surface area contributed by atoms with Crippen LogP contribution >= 0.6 is 23.2 Å². The Morgan fingerprint density at radius 1 is 1.35 bits per heavy atom. The highest BCUT2D eigenvalue weighted by Crippen LogP contribution is 2.27. The normalized spacial score (nSPS) is 17.9. The van der Waals surface area contributed by atoms with E-state index >= 15 is 0 Å². The summed E-state index contributed by atoms with van der Waals surface area (Å²) in [6.45, 7) is 1.83. The van der Waals surface area contributed by atoms with Crippen LogP contribution in [0.4, 0.5) is 0 Å². The second-order valence-electron chi connectivity index (χ2n) is 3.71. The van der Waals surface area contributed by atoms with E-state index in [2.05, 4.69) is 10.5 Å². The lowest BCUT2D eigenvalue weighted by Gasteiger charge is -2.13. The Balaban J connectivity index is 2.45. The summed E-state index contributed by atoms with van der Waals surface area (Å²) < 4.78 is 0. The van der Waals surface area contributed by atoms with E-state index < -0.39 is 0 Å². The molecule has 0 bridgehead atoms. The first-order valence-electron chi connectivity index (χ1n) is 5.06. The minimum absolute atomic E-state index is 0.134. The maximum absolute atomic E-state index is 11.3. The largest absolute Gasteiger partial charge is 0.273 e. The standard InChI is InChI=1S/C12H10Cl2N2O/c1-7-8(6-12(17)16-15-7)5-9-10(13)3-2-4-11(9)14/h2-5H,6H2,1H3,(H,16,17)/b8-5+. The van der Waals surface area contributed by atoms with Crippen molar-refractivity contribution in [2.45, 2.75) is 13.3 Å². The molecular formula is C12H10Cl2N2O. The van der Waals surface area contributed by atoms with Gasteiger partial charge in [0.15, 0.2) is 0 Å². The van der Waals surface area contributed by atoms with Crippen molar-refractivity contribution in [2.24, 2.45) is 5.10 Å². The Kier molecular flexibility index (Phi) is 3.50. The number of carbonyl (C=O) groups excluding carboxylic acids is 1. The summed E-state index contributed by atoms with van der Waals surface area (Å²) in [6.07, 6.45) is 2.10. The molecule has 1 amide bonds. The zero-order valence-corrected chi connectivity index (χ0v) is 10.6. The molecule has 0 spiro atoms. The lowest BCUT2D eigenvalue weighted by Crippen LogP contribution is -2.26. The zero-order valence-electron chi connectivity index (χ0n) is 9.13. The van der Waals surface area contributed by atoms with Gasteiger partial charge in [-0.05, 0) is 30.7 Å². The van der Waals surface area contributed by atoms with Crippen molar-refractivity contribution in [3.8, 4) is 0 Å². The maximum atomic E-state index is 11.3. The molecule has 0 fully saturated rings. The third-order valence-electron chi connectivity index (χ3n) is 2.48. The molecule has 1 heterocycles. The number of nitrogens with zero attached hydrogens (tertiary/aromatic N) is 1. The third-order valence-corrected chi connectivity index (χ3v) is 3.14. The summed E-state index contributed by atoms with van der Waals surface area (Å²) in [4.78, 5) is 11.3. The van der Waals surface area contributed by atoms with Gasteiger partial charge in [-0.25, -0.2) is 5.43 Å². The number of hydrazone groups is 1. The van der Waals surface area contributed by atoms with Crippen LogP contribution in [0.15, 0.2) is 28.9 Å². The van der Waals surface area contributed by atoms with Crippen LogP contribution in [0.5, 0.6) is 0 Å². The van der Waals surface area contributed by atoms with Crippen molar-refractivity contribution >= 4 is 40.9 Å². The molecule has 17 heavy (non-hydrogen) atoms. The minimum Gasteiger partial charge on any atom is -0.273 e. The van der Waals surface area contributed by atoms with E-state index in [1.54, 1.807) is 18.2 Å². The lowest BCUT2D eigenvalue weighted by atomic mass is 10.0. The van der Waals surface area contributed by atoms with Gasteiger partial charge in [0.05, 0.1) is 12.1 Å². The molecule has 3 nitrogen and oxygen atoms in total. The predicted molar refractivity (Wildman–Crippen MR) is 70.3 cm³/mol. The fraction of sp³-hybridized carbons (Fsp3) is 0.167. The molecule has 1 aromatic carbocycles. The van der Waals surface area contributed by atoms with Gasteiger partial charge in [0, 0.05) is 15.6 Å². The van der Waals surface area contributed by atoms with E-state index in [1.807, 2.05) is 13.0 Å². The first-order chi connectivity index (χ1) is 8.08. The molecule has 0 unspecified atom stereocenters. The summed E-state index contributed by atoms with van der Waals surface area (Å²) >= 11 is 12.1. The van der Waals surface area contributed by atoms with Crippen LogP contribution in [-0.4, -0.2) is 11.6 Å². The highest BCUT2D eigenvalue weighted by atomic mass is 35.5. The SMILES string of the molecule is CC1=NNC(=O)C/C1=C\c1c(Cl)cccc1Cl. The Hall–Kier alpha value is -1.32. The second-order valence-corrected chi connectivity index (χ2v) is 4.53. The fourth-order valence-electron chi connectivity index (χ4n) is 1.54. The molecular weight excluding hydrogens is 259 g/mol. The van der Waals surface area contributed by atoms with Crippen molar-refractivity contribution in [1.82, 2.24) is 5.43 Å². The van der Waals surface area contributed by atoms with Crippen molar-refractivity contribution in [2.75, 3.05) is 0 Å². The van der Waals surface area contributed by atoms with Crippen LogP contribution in [-0.2, 0) is 4.79 Å². The van der Waals surface area contributed by atoms with Gasteiger partial charge < -0.3 is 0 Å². The van der Waals surface area contributed by atoms with Crippen molar-refractivity contribution in [1.29, 1.82) is 0 Å². The Bertz CT molecular complexity index is 515. The molecule has 0 atom stereocenters. The van der Waals surface area contributed by atoms with Gasteiger partial charge in [0.25, 0.3) is 0 Å². The molecule has 0 saturated heterocycles. The summed E-state index contributed by atoms with van der Waals surface area (Å²) in [5, 5.41) is 5.03. The topological polar surface area (TPSA) is 41.5 Å². The number of nitrogens with one attached hydrogen (secondary N) is 1. The van der Waals surface area contributed by atoms with Crippen LogP contribution in [0.25, 0.3) is 6.08 Å². The molecule has 0 radical (unpaired) electrons. The number of carbonyl (C=O) groups is 1. The van der Waals surface area contributed by atoms with Crippen LogP contribution in [0.2, 0.25) is 10.0 Å². The van der Waals surface area contributed by atoms with Gasteiger partial charge in [-0.2, -0.15) is 5.10 Å². The van der Waals surface area contributed by atoms with E-state index in [-0.39, 0.29) is 12.3 Å². The molecule has 0 aromatic heterocycles. The van der Waals surface area contributed by atoms with Gasteiger partial charge in [0.1, 0.15) is 0 Å². The highest BCUT2D eigenvalue weighted by molar-refractivity contribution is 6.37. The molecule has 1 aliphatic heterocycles. The summed E-state index contributed by atoms with van der Waals surface area (Å²) in [5.74, 6) is -0.134. The first kappa shape index (κ1) is 12.1. The molecule has 1 N–H and O–H groups in total. The van der Waals surface area contributed by atoms with Crippen molar-refractivity contribution in [3.63, 3.8) is 0 Å². The minimum atomic E-state index is -0.134. The molecule has 1 aromatic rings. The number of amides is 1. The molecule has 5 heteroatoms. The molecule has 1 aliphatic rings. The number of halogens is 2. The number of rotatable bonds is 1. The van der Waals surface area contributed by atoms with E-state index in [0.717, 1.165) is 16.8 Å². The van der Waals surface area contributed by atoms with Crippen LogP contribution in [0, 0.1) is 0 Å². The zero-order chi connectivity index (χ0) is 12.4. The average Bonchev–Trinajstić information content (AvgIpc) is 2.28. The molecule has 0 aliphatic carbocycles. The Morgan fingerprint density at radius 3 is 2.65 bits per heavy atom. The summed E-state index contributed by atoms with van der Waals surface area (Å²) in [5.41, 5.74) is 4.72. The first-order valence-corrected chi connectivity index (χ1v) is 5.81. The number of hydrogen-bond donors (Lipinski definition) is 1. The average molecular weight is 269 g/mol. The summed E-state index contributed by atoms with van der Waals surface area (Å²) in [7, 11) is 0. The molecule has 88 valence electrons. The van der Waals surface area contributed by atoms with Gasteiger partial charge in [-0.3, -0.25) is 4.79 Å². The smallest absolute Gasteiger partial charge is 0.244 e. The van der Waals surface area contributed by atoms with E-state index in [0.29, 0.717) is 10.0 Å². The quantitative estimate of drug-likeness (QED) is 0.835. The second kappa shape index (κ2) is 4.90. The van der Waals surface area contributed by atoms with Gasteiger partial charge in [-0.1, -0.05) is 29.3 Å². The molecule has 0 saturated carbocycles. The summed E-state index contributed by atoms with van der Waals surface area (Å²) in [6, 6.07) is 5.30. The van der Waals surface area contributed by atoms with Crippen LogP contribution in [0.1, 0.15) is 18.9 Å². The van der Waals surface area contributed by atoms with E-state index in [4.69, 9.17) is 23.2 Å². The monoisotopic (exact) mass is 268 g/mol. The number of hydrogen-bond acceptors (Lipinski definition) is 2. The van der Waals surface area contributed by atoms with Gasteiger partial charge in [-0.15, -0.1) is 0 Å².